The van der Waals surface area contributed by atoms with Gasteiger partial charge in [-0.2, -0.15) is 0 Å². The van der Waals surface area contributed by atoms with Gasteiger partial charge in [0.25, 0.3) is 5.56 Å². The number of pyridine rings is 1. The van der Waals surface area contributed by atoms with Crippen molar-refractivity contribution in [3.8, 4) is 0 Å². The first-order valence-electron chi connectivity index (χ1n) is 7.77. The summed E-state index contributed by atoms with van der Waals surface area (Å²) < 4.78 is 1.72. The van der Waals surface area contributed by atoms with Gasteiger partial charge < -0.3 is 9.67 Å². The number of aromatic nitrogens is 1. The summed E-state index contributed by atoms with van der Waals surface area (Å²) in [5, 5.41) is 11.6. The Kier molecular flexibility index (Phi) is 3.48. The van der Waals surface area contributed by atoms with Crippen LogP contribution in [0.15, 0.2) is 35.1 Å². The third-order valence-corrected chi connectivity index (χ3v) is 4.69. The molecule has 2 aromatic rings. The van der Waals surface area contributed by atoms with E-state index >= 15 is 0 Å². The molecule has 22 heavy (non-hydrogen) atoms. The first kappa shape index (κ1) is 15.0. The van der Waals surface area contributed by atoms with Gasteiger partial charge >= 0.3 is 0 Å². The van der Waals surface area contributed by atoms with Gasteiger partial charge in [0.1, 0.15) is 0 Å². The maximum Gasteiger partial charge on any atom is 0.254 e. The van der Waals surface area contributed by atoms with Crippen molar-refractivity contribution in [1.29, 1.82) is 0 Å². The molecule has 1 aliphatic rings. The molecule has 3 rings (SSSR count). The second kappa shape index (κ2) is 5.10. The number of aryl methyl sites for hydroxylation is 1. The maximum atomic E-state index is 12.7. The number of rotatable bonds is 1. The zero-order valence-electron chi connectivity index (χ0n) is 13.6. The highest BCUT2D eigenvalue weighted by Gasteiger charge is 2.32. The van der Waals surface area contributed by atoms with Crippen molar-refractivity contribution in [1.82, 2.24) is 4.57 Å². The minimum atomic E-state index is -0.465. The molecular formula is C19H23NO2. The molecule has 2 atom stereocenters. The van der Waals surface area contributed by atoms with Gasteiger partial charge in [-0.05, 0) is 23.5 Å². The van der Waals surface area contributed by atoms with Gasteiger partial charge in [0.2, 0.25) is 0 Å². The summed E-state index contributed by atoms with van der Waals surface area (Å²) in [7, 11) is 1.82. The Balaban J connectivity index is 2.16. The third kappa shape index (κ3) is 2.30. The van der Waals surface area contributed by atoms with E-state index < -0.39 is 6.10 Å². The summed E-state index contributed by atoms with van der Waals surface area (Å²) in [6.07, 6.45) is 4.21. The van der Waals surface area contributed by atoms with Gasteiger partial charge in [-0.3, -0.25) is 4.79 Å². The summed E-state index contributed by atoms with van der Waals surface area (Å²) in [5.41, 5.74) is 2.62. The van der Waals surface area contributed by atoms with Gasteiger partial charge in [-0.15, -0.1) is 0 Å². The fraction of sp³-hybridized carbons (Fsp3) is 0.421. The highest BCUT2D eigenvalue weighted by molar-refractivity contribution is 5.90. The van der Waals surface area contributed by atoms with E-state index in [1.807, 2.05) is 52.1 Å². The summed E-state index contributed by atoms with van der Waals surface area (Å²) in [6.45, 7) is 6.08. The minimum Gasteiger partial charge on any atom is -0.392 e. The largest absolute Gasteiger partial charge is 0.392 e. The normalized spacial score (nSPS) is 19.2. The minimum absolute atomic E-state index is 0.0126. The molecule has 3 nitrogen and oxygen atoms in total. The van der Waals surface area contributed by atoms with E-state index in [0.717, 1.165) is 22.0 Å². The molecule has 0 amide bonds. The van der Waals surface area contributed by atoms with E-state index in [-0.39, 0.29) is 16.9 Å². The number of hydrogen-bond acceptors (Lipinski definition) is 2. The Hall–Kier alpha value is -1.87. The number of fused-ring (bicyclic) bond motifs is 3. The maximum absolute atomic E-state index is 12.7. The molecule has 1 aliphatic carbocycles. The van der Waals surface area contributed by atoms with Crippen molar-refractivity contribution >= 4 is 17.0 Å². The third-order valence-electron chi connectivity index (χ3n) is 4.69. The molecule has 1 aromatic carbocycles. The lowest BCUT2D eigenvalue weighted by Crippen LogP contribution is -2.37. The van der Waals surface area contributed by atoms with Crippen LogP contribution >= 0.6 is 0 Å². The predicted molar refractivity (Wildman–Crippen MR) is 90.9 cm³/mol. The van der Waals surface area contributed by atoms with Crippen LogP contribution in [-0.4, -0.2) is 15.8 Å². The Labute approximate surface area is 130 Å². The Morgan fingerprint density at radius 1 is 1.27 bits per heavy atom. The Morgan fingerprint density at radius 2 is 1.95 bits per heavy atom. The molecule has 0 unspecified atom stereocenters. The molecule has 3 heteroatoms. The van der Waals surface area contributed by atoms with Crippen LogP contribution in [0.3, 0.4) is 0 Å². The SMILES string of the molecule is Cn1c(=O)c2c(c3ccccc31)C=C[C@H]([C@H](O)C(C)(C)C)C2. The van der Waals surface area contributed by atoms with Crippen LogP contribution in [0.1, 0.15) is 31.9 Å². The van der Waals surface area contributed by atoms with Gasteiger partial charge in [0, 0.05) is 23.9 Å². The van der Waals surface area contributed by atoms with Crippen LogP contribution in [0.4, 0.5) is 0 Å². The van der Waals surface area contributed by atoms with Gasteiger partial charge in [0.05, 0.1) is 11.6 Å². The number of para-hydroxylation sites is 1. The van der Waals surface area contributed by atoms with E-state index in [2.05, 4.69) is 12.1 Å². The predicted octanol–water partition coefficient (Wildman–Crippen LogP) is 3.13. The van der Waals surface area contributed by atoms with Crippen molar-refractivity contribution in [3.05, 3.63) is 51.8 Å². The summed E-state index contributed by atoms with van der Waals surface area (Å²) in [4.78, 5) is 12.7. The molecule has 0 aliphatic heterocycles. The number of aliphatic hydroxyl groups is 1. The van der Waals surface area contributed by atoms with Crippen molar-refractivity contribution in [2.75, 3.05) is 0 Å². The number of hydrogen-bond donors (Lipinski definition) is 1. The second-order valence-electron chi connectivity index (χ2n) is 7.31. The van der Waals surface area contributed by atoms with E-state index in [1.54, 1.807) is 4.57 Å². The number of nitrogens with zero attached hydrogens (tertiary/aromatic N) is 1. The zero-order chi connectivity index (χ0) is 16.1. The van der Waals surface area contributed by atoms with Crippen LogP contribution in [0, 0.1) is 11.3 Å². The quantitative estimate of drug-likeness (QED) is 0.878. The first-order chi connectivity index (χ1) is 10.3. The van der Waals surface area contributed by atoms with E-state index in [1.165, 1.54) is 0 Å². The Morgan fingerprint density at radius 3 is 2.64 bits per heavy atom. The van der Waals surface area contributed by atoms with Crippen molar-refractivity contribution in [3.63, 3.8) is 0 Å². The van der Waals surface area contributed by atoms with Crippen LogP contribution in [0.2, 0.25) is 0 Å². The molecule has 0 saturated carbocycles. The van der Waals surface area contributed by atoms with Crippen LogP contribution < -0.4 is 5.56 Å². The van der Waals surface area contributed by atoms with Crippen molar-refractivity contribution < 1.29 is 5.11 Å². The molecule has 0 radical (unpaired) electrons. The first-order valence-corrected chi connectivity index (χ1v) is 7.77. The topological polar surface area (TPSA) is 42.2 Å². The van der Waals surface area contributed by atoms with Gasteiger partial charge in [-0.25, -0.2) is 0 Å². The lowest BCUT2D eigenvalue weighted by molar-refractivity contribution is 0.0279. The van der Waals surface area contributed by atoms with Crippen molar-refractivity contribution in [2.24, 2.45) is 18.4 Å². The highest BCUT2D eigenvalue weighted by Crippen LogP contribution is 2.33. The molecule has 0 fully saturated rings. The monoisotopic (exact) mass is 297 g/mol. The fourth-order valence-corrected chi connectivity index (χ4v) is 3.35. The molecule has 0 bridgehead atoms. The molecule has 1 N–H and O–H groups in total. The molecule has 0 spiro atoms. The highest BCUT2D eigenvalue weighted by atomic mass is 16.3. The summed E-state index contributed by atoms with van der Waals surface area (Å²) >= 11 is 0. The molecule has 116 valence electrons. The van der Waals surface area contributed by atoms with Crippen LogP contribution in [0.5, 0.6) is 0 Å². The molecular weight excluding hydrogens is 274 g/mol. The molecule has 0 saturated heterocycles. The Bertz CT molecular complexity index is 809. The summed E-state index contributed by atoms with van der Waals surface area (Å²) in [5.74, 6) is -0.0126. The fourth-order valence-electron chi connectivity index (χ4n) is 3.35. The average molecular weight is 297 g/mol. The smallest absolute Gasteiger partial charge is 0.254 e. The lowest BCUT2D eigenvalue weighted by atomic mass is 9.76. The average Bonchev–Trinajstić information content (AvgIpc) is 2.50. The lowest BCUT2D eigenvalue weighted by Gasteiger charge is -2.33. The van der Waals surface area contributed by atoms with Crippen molar-refractivity contribution in [2.45, 2.75) is 33.3 Å². The van der Waals surface area contributed by atoms with Crippen LogP contribution in [0.25, 0.3) is 17.0 Å². The van der Waals surface area contributed by atoms with Gasteiger partial charge in [-0.1, -0.05) is 51.1 Å². The number of aliphatic hydroxyl groups excluding tert-OH is 1. The van der Waals surface area contributed by atoms with E-state index in [4.69, 9.17) is 0 Å². The molecule has 1 aromatic heterocycles. The second-order valence-corrected chi connectivity index (χ2v) is 7.31. The van der Waals surface area contributed by atoms with Gasteiger partial charge in [0.15, 0.2) is 0 Å². The van der Waals surface area contributed by atoms with Crippen LogP contribution in [-0.2, 0) is 13.5 Å². The number of benzene rings is 1. The standard InChI is InChI=1S/C19H23NO2/c1-19(2,3)17(21)12-9-10-13-14-7-5-6-8-16(14)20(4)18(22)15(13)11-12/h5-10,12,17,21H,11H2,1-4H3/t12-,17-/m0/s1. The zero-order valence-corrected chi connectivity index (χ0v) is 13.6. The van der Waals surface area contributed by atoms with E-state index in [0.29, 0.717) is 6.42 Å². The summed E-state index contributed by atoms with van der Waals surface area (Å²) in [6, 6.07) is 7.98. The van der Waals surface area contributed by atoms with E-state index in [9.17, 15) is 9.90 Å². The molecule has 1 heterocycles.